The third-order valence-electron chi connectivity index (χ3n) is 8.97. The third-order valence-corrected chi connectivity index (χ3v) is 8.97. The first-order valence-corrected chi connectivity index (χ1v) is 19.7. The summed E-state index contributed by atoms with van der Waals surface area (Å²) in [7, 11) is 0. The van der Waals surface area contributed by atoms with Crippen LogP contribution in [-0.4, -0.2) is 60.4 Å². The predicted octanol–water partition coefficient (Wildman–Crippen LogP) is 10.7. The van der Waals surface area contributed by atoms with Gasteiger partial charge in [-0.2, -0.15) is 0 Å². The van der Waals surface area contributed by atoms with E-state index in [1.165, 1.54) is 96.3 Å². The summed E-state index contributed by atoms with van der Waals surface area (Å²) >= 11 is 0. The first-order chi connectivity index (χ1) is 22.0. The van der Waals surface area contributed by atoms with Crippen LogP contribution in [0.3, 0.4) is 0 Å². The minimum absolute atomic E-state index is 0.0409. The molecule has 0 bridgehead atoms. The Kier molecular flexibility index (Phi) is 33.3. The zero-order valence-electron chi connectivity index (χ0n) is 30.6. The van der Waals surface area contributed by atoms with Crippen LogP contribution in [0.15, 0.2) is 0 Å². The van der Waals surface area contributed by atoms with Crippen molar-refractivity contribution < 1.29 is 24.2 Å². The van der Waals surface area contributed by atoms with Gasteiger partial charge in [-0.3, -0.25) is 9.59 Å². The lowest BCUT2D eigenvalue weighted by Gasteiger charge is -2.22. The van der Waals surface area contributed by atoms with Crippen LogP contribution in [0.25, 0.3) is 0 Å². The molecule has 1 unspecified atom stereocenters. The van der Waals surface area contributed by atoms with Crippen LogP contribution in [-0.2, 0) is 19.1 Å². The first kappa shape index (κ1) is 43.9. The summed E-state index contributed by atoms with van der Waals surface area (Å²) in [6.07, 6.45) is 29.8. The van der Waals surface area contributed by atoms with Gasteiger partial charge in [0, 0.05) is 19.4 Å². The lowest BCUT2D eigenvalue weighted by Crippen LogP contribution is -2.30. The average molecular weight is 640 g/mol. The van der Waals surface area contributed by atoms with Gasteiger partial charge in [0.05, 0.1) is 6.61 Å². The molecule has 268 valence electrons. The molecular weight excluding hydrogens is 562 g/mol. The summed E-state index contributed by atoms with van der Waals surface area (Å²) in [5, 5.41) is 9.58. The maximum absolute atomic E-state index is 12.8. The maximum Gasteiger partial charge on any atom is 0.306 e. The number of unbranched alkanes of at least 4 members (excludes halogenated alkanes) is 15. The Morgan fingerprint density at radius 2 is 0.822 bits per heavy atom. The second-order valence-corrected chi connectivity index (χ2v) is 13.5. The van der Waals surface area contributed by atoms with E-state index in [1.807, 2.05) is 0 Å². The van der Waals surface area contributed by atoms with Crippen LogP contribution >= 0.6 is 0 Å². The molecule has 0 saturated heterocycles. The van der Waals surface area contributed by atoms with Gasteiger partial charge in [0.25, 0.3) is 0 Å². The number of carbonyl (C=O) groups excluding carboxylic acids is 2. The fraction of sp³-hybridized carbons (Fsp3) is 0.949. The zero-order valence-corrected chi connectivity index (χ0v) is 30.6. The van der Waals surface area contributed by atoms with Crippen molar-refractivity contribution in [2.75, 3.05) is 26.2 Å². The number of aliphatic hydroxyl groups excluding tert-OH is 1. The molecule has 0 aromatic rings. The number of nitrogens with zero attached hydrogens (tertiary/aromatic N) is 1. The highest BCUT2D eigenvalue weighted by molar-refractivity contribution is 5.69. The number of rotatable bonds is 35. The molecule has 0 spiro atoms. The number of esters is 2. The molecule has 0 aliphatic carbocycles. The van der Waals surface area contributed by atoms with E-state index >= 15 is 0 Å². The van der Waals surface area contributed by atoms with Crippen molar-refractivity contribution >= 4 is 11.9 Å². The number of carbonyl (C=O) groups is 2. The van der Waals surface area contributed by atoms with Crippen molar-refractivity contribution in [2.24, 2.45) is 0 Å². The topological polar surface area (TPSA) is 76.1 Å². The van der Waals surface area contributed by atoms with Gasteiger partial charge < -0.3 is 19.5 Å². The Hall–Kier alpha value is -1.14. The number of ether oxygens (including phenoxy) is 2. The van der Waals surface area contributed by atoms with Gasteiger partial charge in [-0.1, -0.05) is 130 Å². The lowest BCUT2D eigenvalue weighted by molar-refractivity contribution is -0.150. The molecule has 0 radical (unpaired) electrons. The normalized spacial score (nSPS) is 12.2. The highest BCUT2D eigenvalue weighted by Gasteiger charge is 2.16. The number of hydrogen-bond acceptors (Lipinski definition) is 6. The van der Waals surface area contributed by atoms with E-state index in [1.54, 1.807) is 0 Å². The molecule has 6 heteroatoms. The molecule has 0 amide bonds. The van der Waals surface area contributed by atoms with Crippen LogP contribution < -0.4 is 0 Å². The molecule has 0 aliphatic heterocycles. The molecule has 0 heterocycles. The Morgan fingerprint density at radius 3 is 1.18 bits per heavy atom. The SMILES string of the molecule is CCCCCCCCC(CCC)OC(=O)CCCN(CCO)CCCC(=O)OC(CCCCCCCC)CCCCCCCC. The summed E-state index contributed by atoms with van der Waals surface area (Å²) in [4.78, 5) is 27.5. The van der Waals surface area contributed by atoms with E-state index in [4.69, 9.17) is 9.47 Å². The maximum atomic E-state index is 12.8. The molecule has 6 nitrogen and oxygen atoms in total. The third kappa shape index (κ3) is 30.0. The molecule has 0 fully saturated rings. The van der Waals surface area contributed by atoms with Crippen LogP contribution in [0.5, 0.6) is 0 Å². The number of aliphatic hydroxyl groups is 1. The van der Waals surface area contributed by atoms with E-state index in [9.17, 15) is 14.7 Å². The molecule has 0 aromatic heterocycles. The van der Waals surface area contributed by atoms with Crippen molar-refractivity contribution in [3.05, 3.63) is 0 Å². The highest BCUT2D eigenvalue weighted by Crippen LogP contribution is 2.18. The van der Waals surface area contributed by atoms with Crippen molar-refractivity contribution in [1.82, 2.24) is 4.90 Å². The Bertz CT molecular complexity index is 627. The minimum atomic E-state index is -0.103. The predicted molar refractivity (Wildman–Crippen MR) is 191 cm³/mol. The van der Waals surface area contributed by atoms with Gasteiger partial charge in [-0.25, -0.2) is 0 Å². The van der Waals surface area contributed by atoms with Crippen LogP contribution in [0.4, 0.5) is 0 Å². The van der Waals surface area contributed by atoms with Gasteiger partial charge >= 0.3 is 11.9 Å². The quantitative estimate of drug-likeness (QED) is 0.0549. The molecule has 45 heavy (non-hydrogen) atoms. The highest BCUT2D eigenvalue weighted by atomic mass is 16.5. The molecule has 0 saturated carbocycles. The summed E-state index contributed by atoms with van der Waals surface area (Å²) < 4.78 is 11.8. The molecular formula is C39H77NO5. The van der Waals surface area contributed by atoms with E-state index in [0.29, 0.717) is 32.2 Å². The molecule has 1 atom stereocenters. The van der Waals surface area contributed by atoms with Crippen LogP contribution in [0.1, 0.15) is 201 Å². The first-order valence-electron chi connectivity index (χ1n) is 19.7. The summed E-state index contributed by atoms with van der Waals surface area (Å²) in [6.45, 7) is 11.0. The van der Waals surface area contributed by atoms with Crippen molar-refractivity contribution in [2.45, 2.75) is 213 Å². The number of hydrogen-bond donors (Lipinski definition) is 1. The fourth-order valence-electron chi connectivity index (χ4n) is 6.16. The second-order valence-electron chi connectivity index (χ2n) is 13.5. The average Bonchev–Trinajstić information content (AvgIpc) is 3.02. The Labute approximate surface area is 280 Å². The van der Waals surface area contributed by atoms with Gasteiger partial charge in [-0.05, 0) is 70.9 Å². The Balaban J connectivity index is 4.46. The summed E-state index contributed by atoms with van der Waals surface area (Å²) in [5.74, 6) is -0.189. The van der Waals surface area contributed by atoms with Crippen molar-refractivity contribution in [3.8, 4) is 0 Å². The smallest absolute Gasteiger partial charge is 0.306 e. The molecule has 1 N–H and O–H groups in total. The Morgan fingerprint density at radius 1 is 0.467 bits per heavy atom. The minimum Gasteiger partial charge on any atom is -0.462 e. The largest absolute Gasteiger partial charge is 0.462 e. The van der Waals surface area contributed by atoms with Gasteiger partial charge in [0.15, 0.2) is 0 Å². The second kappa shape index (κ2) is 34.2. The van der Waals surface area contributed by atoms with Crippen molar-refractivity contribution in [3.63, 3.8) is 0 Å². The van der Waals surface area contributed by atoms with E-state index in [0.717, 1.165) is 64.5 Å². The standard InChI is InChI=1S/C39H77NO5/c1-5-9-12-15-18-21-27-36(26-8-4)44-38(42)30-24-32-40(34-35-41)33-25-31-39(43)45-37(28-22-19-16-13-10-6-2)29-23-20-17-14-11-7-3/h36-37,41H,5-35H2,1-4H3. The van der Waals surface area contributed by atoms with Gasteiger partial charge in [-0.15, -0.1) is 0 Å². The molecule has 0 aliphatic rings. The monoisotopic (exact) mass is 640 g/mol. The lowest BCUT2D eigenvalue weighted by atomic mass is 10.0. The molecule has 0 aromatic carbocycles. The zero-order chi connectivity index (χ0) is 33.2. The fourth-order valence-corrected chi connectivity index (χ4v) is 6.16. The van der Waals surface area contributed by atoms with Crippen LogP contribution in [0.2, 0.25) is 0 Å². The summed E-state index contributed by atoms with van der Waals surface area (Å²) in [5.41, 5.74) is 0. The summed E-state index contributed by atoms with van der Waals surface area (Å²) in [6, 6.07) is 0. The van der Waals surface area contributed by atoms with E-state index < -0.39 is 0 Å². The van der Waals surface area contributed by atoms with Crippen LogP contribution in [0, 0.1) is 0 Å². The van der Waals surface area contributed by atoms with E-state index in [-0.39, 0.29) is 30.8 Å². The molecule has 0 rings (SSSR count). The van der Waals surface area contributed by atoms with E-state index in [2.05, 4.69) is 32.6 Å². The van der Waals surface area contributed by atoms with Gasteiger partial charge in [0.1, 0.15) is 12.2 Å². The van der Waals surface area contributed by atoms with Gasteiger partial charge in [0.2, 0.25) is 0 Å². The van der Waals surface area contributed by atoms with Crippen molar-refractivity contribution in [1.29, 1.82) is 0 Å².